The number of para-hydroxylation sites is 1. The van der Waals surface area contributed by atoms with Crippen molar-refractivity contribution in [1.29, 1.82) is 0 Å². The summed E-state index contributed by atoms with van der Waals surface area (Å²) in [4.78, 5) is 12.3. The number of carbonyl (C=O) groups is 1. The molecule has 0 heterocycles. The molecule has 0 aromatic heterocycles. The lowest BCUT2D eigenvalue weighted by Crippen LogP contribution is -2.44. The third-order valence-electron chi connectivity index (χ3n) is 3.54. The molecule has 1 aromatic carbocycles. The van der Waals surface area contributed by atoms with Gasteiger partial charge in [-0.15, -0.1) is 0 Å². The zero-order chi connectivity index (χ0) is 15.7. The summed E-state index contributed by atoms with van der Waals surface area (Å²) >= 11 is 3.52. The lowest BCUT2D eigenvalue weighted by atomic mass is 9.93. The van der Waals surface area contributed by atoms with E-state index in [9.17, 15) is 4.79 Å². The summed E-state index contributed by atoms with van der Waals surface area (Å²) in [5, 5.41) is 3.36. The van der Waals surface area contributed by atoms with E-state index in [1.54, 1.807) is 0 Å². The van der Waals surface area contributed by atoms with E-state index in [1.165, 1.54) is 12.8 Å². The monoisotopic (exact) mass is 355 g/mol. The van der Waals surface area contributed by atoms with Crippen LogP contribution < -0.4 is 5.32 Å². The highest BCUT2D eigenvalue weighted by molar-refractivity contribution is 9.10. The zero-order valence-electron chi connectivity index (χ0n) is 13.2. The van der Waals surface area contributed by atoms with Crippen molar-refractivity contribution in [3.63, 3.8) is 0 Å². The topological polar surface area (TPSA) is 38.3 Å². The Bertz CT molecular complexity index is 450. The van der Waals surface area contributed by atoms with E-state index >= 15 is 0 Å². The molecule has 21 heavy (non-hydrogen) atoms. The first kappa shape index (κ1) is 18.0. The molecule has 1 unspecified atom stereocenters. The van der Waals surface area contributed by atoms with Crippen molar-refractivity contribution in [1.82, 2.24) is 0 Å². The fourth-order valence-electron chi connectivity index (χ4n) is 2.27. The molecule has 3 nitrogen and oxygen atoms in total. The van der Waals surface area contributed by atoms with Crippen molar-refractivity contribution in [2.45, 2.75) is 58.4 Å². The summed E-state index contributed by atoms with van der Waals surface area (Å²) in [5.41, 5.74) is 0.233. The zero-order valence-corrected chi connectivity index (χ0v) is 14.8. The maximum atomic E-state index is 12.3. The van der Waals surface area contributed by atoms with Crippen LogP contribution in [0.2, 0.25) is 0 Å². The van der Waals surface area contributed by atoms with Crippen LogP contribution in [0.4, 0.5) is 5.69 Å². The molecule has 0 bridgehead atoms. The Morgan fingerprint density at radius 2 is 1.95 bits per heavy atom. The number of benzene rings is 1. The van der Waals surface area contributed by atoms with Gasteiger partial charge in [0, 0.05) is 10.2 Å². The molecule has 1 rings (SSSR count). The average molecular weight is 356 g/mol. The average Bonchev–Trinajstić information content (AvgIpc) is 2.46. The second-order valence-corrected chi connectivity index (χ2v) is 6.32. The molecule has 1 atom stereocenters. The summed E-state index contributed by atoms with van der Waals surface area (Å²) < 4.78 is 6.21. The number of hydrogen-bond acceptors (Lipinski definition) is 3. The third-order valence-corrected chi connectivity index (χ3v) is 4.23. The molecular weight excluding hydrogens is 330 g/mol. The van der Waals surface area contributed by atoms with Crippen LogP contribution in [0.1, 0.15) is 52.9 Å². The highest BCUT2D eigenvalue weighted by atomic mass is 79.9. The van der Waals surface area contributed by atoms with Gasteiger partial charge in [-0.3, -0.25) is 0 Å². The molecule has 0 aliphatic carbocycles. The summed E-state index contributed by atoms with van der Waals surface area (Å²) in [7, 11) is 0. The first-order valence-corrected chi connectivity index (χ1v) is 8.52. The fourth-order valence-corrected chi connectivity index (χ4v) is 2.66. The van der Waals surface area contributed by atoms with Gasteiger partial charge in [0.05, 0.1) is 6.61 Å². The Morgan fingerprint density at radius 1 is 1.24 bits per heavy atom. The van der Waals surface area contributed by atoms with Gasteiger partial charge in [0.15, 0.2) is 0 Å². The molecule has 0 saturated heterocycles. The van der Waals surface area contributed by atoms with Crippen LogP contribution in [0.15, 0.2) is 28.7 Å². The van der Waals surface area contributed by atoms with Gasteiger partial charge in [-0.05, 0) is 48.3 Å². The largest absolute Gasteiger partial charge is 0.464 e. The van der Waals surface area contributed by atoms with Gasteiger partial charge < -0.3 is 10.1 Å². The van der Waals surface area contributed by atoms with Crippen molar-refractivity contribution in [3.8, 4) is 0 Å². The lowest BCUT2D eigenvalue weighted by Gasteiger charge is -2.30. The first-order chi connectivity index (χ1) is 10.0. The summed E-state index contributed by atoms with van der Waals surface area (Å²) in [6.45, 7) is 6.36. The molecule has 0 fully saturated rings. The second kappa shape index (κ2) is 9.08. The number of halogens is 1. The molecule has 0 amide bonds. The van der Waals surface area contributed by atoms with Gasteiger partial charge >= 0.3 is 5.97 Å². The van der Waals surface area contributed by atoms with Gasteiger partial charge in [0.25, 0.3) is 0 Å². The van der Waals surface area contributed by atoms with Crippen molar-refractivity contribution in [2.75, 3.05) is 11.9 Å². The Morgan fingerprint density at radius 3 is 2.57 bits per heavy atom. The first-order valence-electron chi connectivity index (χ1n) is 7.73. The van der Waals surface area contributed by atoms with Gasteiger partial charge in [-0.2, -0.15) is 0 Å². The van der Waals surface area contributed by atoms with Crippen LogP contribution in [0.5, 0.6) is 0 Å². The number of esters is 1. The van der Waals surface area contributed by atoms with Crippen molar-refractivity contribution < 1.29 is 9.53 Å². The molecule has 0 aliphatic rings. The van der Waals surface area contributed by atoms with E-state index in [0.717, 1.165) is 29.4 Å². The van der Waals surface area contributed by atoms with E-state index in [4.69, 9.17) is 4.74 Å². The van der Waals surface area contributed by atoms with Crippen LogP contribution >= 0.6 is 15.9 Å². The Kier molecular flexibility index (Phi) is 7.79. The lowest BCUT2D eigenvalue weighted by molar-refractivity contribution is -0.148. The predicted octanol–water partition coefficient (Wildman–Crippen LogP) is 5.15. The Hall–Kier alpha value is -1.03. The van der Waals surface area contributed by atoms with Crippen molar-refractivity contribution >= 4 is 27.6 Å². The molecule has 0 aliphatic heterocycles. The van der Waals surface area contributed by atoms with Gasteiger partial charge in [-0.1, -0.05) is 44.7 Å². The number of carbonyl (C=O) groups excluding carboxylic acids is 1. The van der Waals surface area contributed by atoms with Crippen LogP contribution in [-0.4, -0.2) is 18.1 Å². The normalized spacial score (nSPS) is 13.5. The van der Waals surface area contributed by atoms with Crippen molar-refractivity contribution in [3.05, 3.63) is 28.7 Å². The summed E-state index contributed by atoms with van der Waals surface area (Å²) in [5.74, 6) is -0.183. The smallest absolute Gasteiger partial charge is 0.331 e. The number of hydrogen-bond donors (Lipinski definition) is 1. The number of ether oxygens (including phenoxy) is 1. The van der Waals surface area contributed by atoms with Gasteiger partial charge in [-0.25, -0.2) is 4.79 Å². The number of anilines is 1. The van der Waals surface area contributed by atoms with Gasteiger partial charge in [0.2, 0.25) is 0 Å². The minimum absolute atomic E-state index is 0.183. The molecule has 0 saturated carbocycles. The quantitative estimate of drug-likeness (QED) is 0.491. The maximum Gasteiger partial charge on any atom is 0.331 e. The highest BCUT2D eigenvalue weighted by Gasteiger charge is 2.34. The Labute approximate surface area is 136 Å². The third kappa shape index (κ3) is 5.70. The molecule has 4 heteroatoms. The summed E-state index contributed by atoms with van der Waals surface area (Å²) in [6, 6.07) is 7.84. The molecule has 0 radical (unpaired) electrons. The van der Waals surface area contributed by atoms with Crippen LogP contribution in [0, 0.1) is 0 Å². The highest BCUT2D eigenvalue weighted by Crippen LogP contribution is 2.28. The van der Waals surface area contributed by atoms with E-state index in [0.29, 0.717) is 6.61 Å². The molecule has 118 valence electrons. The van der Waals surface area contributed by atoms with Crippen LogP contribution in [0.3, 0.4) is 0 Å². The maximum absolute atomic E-state index is 12.3. The van der Waals surface area contributed by atoms with Crippen LogP contribution in [0.25, 0.3) is 0 Å². The van der Waals surface area contributed by atoms with E-state index in [2.05, 4.69) is 28.2 Å². The predicted molar refractivity (Wildman–Crippen MR) is 91.6 cm³/mol. The Balaban J connectivity index is 2.80. The van der Waals surface area contributed by atoms with E-state index < -0.39 is 5.54 Å². The standard InChI is InChI=1S/C17H26BrNO2/c1-4-6-7-10-13-17(3,16(20)21-5-2)19-15-12-9-8-11-14(15)18/h8-9,11-12,19H,4-7,10,13H2,1-3H3. The molecule has 0 spiro atoms. The van der Waals surface area contributed by atoms with Crippen molar-refractivity contribution in [2.24, 2.45) is 0 Å². The van der Waals surface area contributed by atoms with Gasteiger partial charge in [0.1, 0.15) is 5.54 Å². The minimum atomic E-state index is -0.687. The SMILES string of the molecule is CCCCCCC(C)(Nc1ccccc1Br)C(=O)OCC. The number of unbranched alkanes of at least 4 members (excludes halogenated alkanes) is 3. The second-order valence-electron chi connectivity index (χ2n) is 5.47. The van der Waals surface area contributed by atoms with Crippen LogP contribution in [-0.2, 0) is 9.53 Å². The molecular formula is C17H26BrNO2. The fraction of sp³-hybridized carbons (Fsp3) is 0.588. The number of rotatable bonds is 9. The van der Waals surface area contributed by atoms with E-state index in [-0.39, 0.29) is 5.97 Å². The molecule has 1 N–H and O–H groups in total. The van der Waals surface area contributed by atoms with E-state index in [1.807, 2.05) is 38.1 Å². The minimum Gasteiger partial charge on any atom is -0.464 e. The molecule has 1 aromatic rings. The number of nitrogens with one attached hydrogen (secondary N) is 1. The summed E-state index contributed by atoms with van der Waals surface area (Å²) in [6.07, 6.45) is 5.32.